The van der Waals surface area contributed by atoms with Crippen molar-refractivity contribution in [2.24, 2.45) is 5.92 Å². The number of aromatic nitrogens is 7. The van der Waals surface area contributed by atoms with E-state index in [0.717, 1.165) is 68.5 Å². The largest absolute Gasteiger partial charge is 0.355 e. The zero-order valence-corrected chi connectivity index (χ0v) is 22.1. The number of imidazole rings is 1. The standard InChI is InChI=1S/C29H30FN9O/c30-23-20(18-13-19(15-31-14-18)34-29(40)17-7-3-1-4-8-17)16-33-26-22(23)25(37-38-26)27-35-21-9-10-32-28(24(21)36-27)39-11-5-2-6-12-39/h9-10,13-17H,1-8,11-12H2,(H,34,40)(H,35,36)(H,33,37,38). The van der Waals surface area contributed by atoms with Crippen LogP contribution >= 0.6 is 0 Å². The molecular weight excluding hydrogens is 509 g/mol. The third-order valence-corrected chi connectivity index (χ3v) is 8.09. The van der Waals surface area contributed by atoms with Crippen LogP contribution in [0.4, 0.5) is 15.9 Å². The molecule has 0 aromatic carbocycles. The maximum Gasteiger partial charge on any atom is 0.227 e. The molecule has 0 unspecified atom stereocenters. The van der Waals surface area contributed by atoms with Crippen molar-refractivity contribution in [3.63, 3.8) is 0 Å². The number of H-pyrrole nitrogens is 2. The Bertz CT molecular complexity index is 1700. The summed E-state index contributed by atoms with van der Waals surface area (Å²) in [6.07, 6.45) is 15.0. The lowest BCUT2D eigenvalue weighted by Crippen LogP contribution is -2.30. The summed E-state index contributed by atoms with van der Waals surface area (Å²) in [5.74, 6) is 0.818. The van der Waals surface area contributed by atoms with Gasteiger partial charge in [0.05, 0.1) is 22.8 Å². The van der Waals surface area contributed by atoms with Crippen LogP contribution in [0.25, 0.3) is 44.7 Å². The van der Waals surface area contributed by atoms with Crippen molar-refractivity contribution in [1.82, 2.24) is 35.1 Å². The van der Waals surface area contributed by atoms with Crippen LogP contribution in [0.2, 0.25) is 0 Å². The molecule has 1 aliphatic heterocycles. The van der Waals surface area contributed by atoms with Crippen LogP contribution in [0.5, 0.6) is 0 Å². The molecule has 0 radical (unpaired) electrons. The molecule has 2 fully saturated rings. The van der Waals surface area contributed by atoms with Crippen molar-refractivity contribution >= 4 is 39.5 Å². The van der Waals surface area contributed by atoms with Crippen LogP contribution in [-0.2, 0) is 4.79 Å². The van der Waals surface area contributed by atoms with Crippen LogP contribution in [0.15, 0.2) is 36.9 Å². The van der Waals surface area contributed by atoms with Crippen LogP contribution in [0.1, 0.15) is 51.4 Å². The molecule has 1 saturated heterocycles. The average Bonchev–Trinajstić information content (AvgIpc) is 3.63. The number of nitrogens with one attached hydrogen (secondary N) is 3. The molecule has 5 aromatic heterocycles. The van der Waals surface area contributed by atoms with Gasteiger partial charge in [-0.1, -0.05) is 19.3 Å². The Kier molecular flexibility index (Phi) is 6.33. The second-order valence-corrected chi connectivity index (χ2v) is 10.7. The summed E-state index contributed by atoms with van der Waals surface area (Å²) in [5, 5.41) is 10.4. The van der Waals surface area contributed by atoms with Gasteiger partial charge in [0.1, 0.15) is 17.0 Å². The molecule has 0 atom stereocenters. The van der Waals surface area contributed by atoms with Gasteiger partial charge in [-0.15, -0.1) is 0 Å². The van der Waals surface area contributed by atoms with E-state index in [1.807, 2.05) is 6.07 Å². The van der Waals surface area contributed by atoms with E-state index < -0.39 is 5.82 Å². The molecular formula is C29H30FN9O. The lowest BCUT2D eigenvalue weighted by Gasteiger charge is -2.27. The fourth-order valence-corrected chi connectivity index (χ4v) is 5.96. The van der Waals surface area contributed by atoms with E-state index in [2.05, 4.69) is 40.3 Å². The van der Waals surface area contributed by atoms with Crippen LogP contribution < -0.4 is 10.2 Å². The maximum atomic E-state index is 16.2. The molecule has 0 spiro atoms. The molecule has 7 rings (SSSR count). The number of anilines is 2. The second-order valence-electron chi connectivity index (χ2n) is 10.7. The monoisotopic (exact) mass is 539 g/mol. The number of nitrogens with zero attached hydrogens (tertiary/aromatic N) is 6. The molecule has 204 valence electrons. The van der Waals surface area contributed by atoms with E-state index in [4.69, 9.17) is 4.98 Å². The lowest BCUT2D eigenvalue weighted by atomic mass is 9.88. The van der Waals surface area contributed by atoms with Gasteiger partial charge in [-0.05, 0) is 44.2 Å². The smallest absolute Gasteiger partial charge is 0.227 e. The van der Waals surface area contributed by atoms with Crippen molar-refractivity contribution < 1.29 is 9.18 Å². The number of hydrogen-bond donors (Lipinski definition) is 3. The van der Waals surface area contributed by atoms with Crippen molar-refractivity contribution in [3.05, 3.63) is 42.7 Å². The van der Waals surface area contributed by atoms with Gasteiger partial charge in [-0.3, -0.25) is 14.9 Å². The second kappa shape index (κ2) is 10.3. The summed E-state index contributed by atoms with van der Waals surface area (Å²) < 4.78 is 16.2. The van der Waals surface area contributed by atoms with Gasteiger partial charge in [0.15, 0.2) is 17.3 Å². The first-order valence-electron chi connectivity index (χ1n) is 14.0. The number of pyridine rings is 3. The molecule has 2 aliphatic rings. The van der Waals surface area contributed by atoms with Gasteiger partial charge in [0.25, 0.3) is 0 Å². The van der Waals surface area contributed by atoms with Crippen LogP contribution in [0.3, 0.4) is 0 Å². The zero-order chi connectivity index (χ0) is 27.1. The Hall–Kier alpha value is -4.41. The summed E-state index contributed by atoms with van der Waals surface area (Å²) in [4.78, 5) is 36.5. The van der Waals surface area contributed by atoms with Gasteiger partial charge >= 0.3 is 0 Å². The number of amides is 1. The van der Waals surface area contributed by atoms with Gasteiger partial charge in [0.2, 0.25) is 5.91 Å². The highest BCUT2D eigenvalue weighted by Gasteiger charge is 2.24. The summed E-state index contributed by atoms with van der Waals surface area (Å²) in [5.41, 5.74) is 3.55. The van der Waals surface area contributed by atoms with Crippen LogP contribution in [0, 0.1) is 11.7 Å². The topological polar surface area (TPSA) is 128 Å². The highest BCUT2D eigenvalue weighted by atomic mass is 19.1. The fraction of sp³-hybridized carbons (Fsp3) is 0.379. The van der Waals surface area contributed by atoms with Gasteiger partial charge in [-0.25, -0.2) is 19.3 Å². The Morgan fingerprint density at radius 2 is 1.85 bits per heavy atom. The van der Waals surface area contributed by atoms with Crippen molar-refractivity contribution in [1.29, 1.82) is 0 Å². The van der Waals surface area contributed by atoms with E-state index in [1.165, 1.54) is 19.0 Å². The number of fused-ring (bicyclic) bond motifs is 2. The molecule has 0 bridgehead atoms. The van der Waals surface area contributed by atoms with Gasteiger partial charge in [0, 0.05) is 48.7 Å². The molecule has 1 saturated carbocycles. The van der Waals surface area contributed by atoms with E-state index in [9.17, 15) is 4.79 Å². The Labute approximate surface area is 229 Å². The highest BCUT2D eigenvalue weighted by molar-refractivity contribution is 5.96. The third-order valence-electron chi connectivity index (χ3n) is 8.09. The van der Waals surface area contributed by atoms with Crippen molar-refractivity contribution in [2.75, 3.05) is 23.3 Å². The van der Waals surface area contributed by atoms with Gasteiger partial charge in [-0.2, -0.15) is 5.10 Å². The Balaban J connectivity index is 1.24. The van der Waals surface area contributed by atoms with E-state index >= 15 is 4.39 Å². The normalized spacial score (nSPS) is 16.6. The Morgan fingerprint density at radius 3 is 2.70 bits per heavy atom. The quantitative estimate of drug-likeness (QED) is 0.265. The minimum atomic E-state index is -0.485. The predicted molar refractivity (Wildman–Crippen MR) is 151 cm³/mol. The molecule has 10 nitrogen and oxygen atoms in total. The fourth-order valence-electron chi connectivity index (χ4n) is 5.96. The number of aromatic amines is 2. The van der Waals surface area contributed by atoms with E-state index in [1.54, 1.807) is 24.7 Å². The molecule has 11 heteroatoms. The van der Waals surface area contributed by atoms with Crippen LogP contribution in [-0.4, -0.2) is 54.1 Å². The lowest BCUT2D eigenvalue weighted by molar-refractivity contribution is -0.120. The van der Waals surface area contributed by atoms with E-state index in [0.29, 0.717) is 22.8 Å². The highest BCUT2D eigenvalue weighted by Crippen LogP contribution is 2.35. The number of carbonyl (C=O) groups is 1. The summed E-state index contributed by atoms with van der Waals surface area (Å²) in [7, 11) is 0. The molecule has 1 amide bonds. The predicted octanol–water partition coefficient (Wildman–Crippen LogP) is 5.61. The first kappa shape index (κ1) is 24.6. The molecule has 3 N–H and O–H groups in total. The first-order chi connectivity index (χ1) is 19.7. The minimum absolute atomic E-state index is 0.00637. The maximum absolute atomic E-state index is 16.2. The zero-order valence-electron chi connectivity index (χ0n) is 22.1. The molecule has 40 heavy (non-hydrogen) atoms. The minimum Gasteiger partial charge on any atom is -0.355 e. The number of piperidine rings is 1. The number of halogens is 1. The average molecular weight is 540 g/mol. The first-order valence-corrected chi connectivity index (χ1v) is 14.0. The SMILES string of the molecule is O=C(Nc1cncc(-c2cnc3n[nH]c(-c4nc5c(N6CCCCC6)nccc5[nH]4)c3c2F)c1)C1CCCCC1. The molecule has 6 heterocycles. The Morgan fingerprint density at radius 1 is 1.02 bits per heavy atom. The third kappa shape index (κ3) is 4.44. The van der Waals surface area contributed by atoms with Crippen molar-refractivity contribution in [2.45, 2.75) is 51.4 Å². The van der Waals surface area contributed by atoms with Gasteiger partial charge < -0.3 is 15.2 Å². The summed E-state index contributed by atoms with van der Waals surface area (Å²) >= 11 is 0. The number of carbonyl (C=O) groups excluding carboxylic acids is 1. The molecule has 1 aliphatic carbocycles. The summed E-state index contributed by atoms with van der Waals surface area (Å²) in [6.45, 7) is 1.88. The number of rotatable bonds is 5. The molecule has 5 aromatic rings. The number of hydrogen-bond acceptors (Lipinski definition) is 7. The van der Waals surface area contributed by atoms with Crippen molar-refractivity contribution in [3.8, 4) is 22.6 Å². The van der Waals surface area contributed by atoms with E-state index in [-0.39, 0.29) is 28.4 Å². The summed E-state index contributed by atoms with van der Waals surface area (Å²) in [6, 6.07) is 3.60.